The molecule has 5 N–H and O–H groups in total. The molecule has 1 unspecified atom stereocenters. The number of rotatable bonds is 8. The largest absolute Gasteiger partial charge is 0.497 e. The van der Waals surface area contributed by atoms with E-state index in [1.54, 1.807) is 31.4 Å². The predicted molar refractivity (Wildman–Crippen MR) is 74.7 cm³/mol. The van der Waals surface area contributed by atoms with Crippen LogP contribution in [0.25, 0.3) is 0 Å². The Morgan fingerprint density at radius 2 is 2.00 bits per heavy atom. The molecule has 1 amide bonds. The third-order valence-electron chi connectivity index (χ3n) is 2.60. The van der Waals surface area contributed by atoms with Crippen molar-refractivity contribution in [3.05, 3.63) is 24.3 Å². The fourth-order valence-electron chi connectivity index (χ4n) is 1.58. The molecule has 1 aromatic rings. The Kier molecular flexibility index (Phi) is 6.48. The molecule has 0 radical (unpaired) electrons. The highest BCUT2D eigenvalue weighted by Gasteiger charge is 2.20. The van der Waals surface area contributed by atoms with E-state index in [1.165, 1.54) is 0 Å². The van der Waals surface area contributed by atoms with Crippen LogP contribution in [0.1, 0.15) is 6.42 Å². The van der Waals surface area contributed by atoms with Gasteiger partial charge in [-0.15, -0.1) is 0 Å². The van der Waals surface area contributed by atoms with Crippen molar-refractivity contribution < 1.29 is 19.4 Å². The zero-order chi connectivity index (χ0) is 15.0. The van der Waals surface area contributed by atoms with Crippen LogP contribution in [0, 0.1) is 0 Å². The molecule has 0 aromatic heterocycles. The number of carboxylic acid groups (broad SMARTS) is 1. The Labute approximate surface area is 117 Å². The SMILES string of the molecule is COc1ccc(NC(=O)CC(NCCN)C(=O)O)cc1. The summed E-state index contributed by atoms with van der Waals surface area (Å²) in [4.78, 5) is 22.7. The normalized spacial score (nSPS) is 11.7. The minimum atomic E-state index is -1.08. The molecule has 20 heavy (non-hydrogen) atoms. The lowest BCUT2D eigenvalue weighted by atomic mass is 10.2. The summed E-state index contributed by atoms with van der Waals surface area (Å²) in [5.41, 5.74) is 5.87. The Morgan fingerprint density at radius 1 is 1.35 bits per heavy atom. The van der Waals surface area contributed by atoms with Gasteiger partial charge in [0.25, 0.3) is 0 Å². The van der Waals surface area contributed by atoms with Crippen LogP contribution in [0.5, 0.6) is 5.75 Å². The molecule has 110 valence electrons. The molecule has 0 aliphatic carbocycles. The molecule has 0 saturated carbocycles. The first kappa shape index (κ1) is 15.9. The maximum Gasteiger partial charge on any atom is 0.321 e. The van der Waals surface area contributed by atoms with Gasteiger partial charge in [-0.1, -0.05) is 0 Å². The molecule has 0 spiro atoms. The molecule has 7 heteroatoms. The summed E-state index contributed by atoms with van der Waals surface area (Å²) in [6, 6.07) is 5.82. The second-order valence-corrected chi connectivity index (χ2v) is 4.11. The van der Waals surface area contributed by atoms with Crippen LogP contribution in [0.2, 0.25) is 0 Å². The number of carbonyl (C=O) groups excluding carboxylic acids is 1. The van der Waals surface area contributed by atoms with Gasteiger partial charge < -0.3 is 26.2 Å². The van der Waals surface area contributed by atoms with E-state index >= 15 is 0 Å². The van der Waals surface area contributed by atoms with E-state index < -0.39 is 12.0 Å². The summed E-state index contributed by atoms with van der Waals surface area (Å²) in [5.74, 6) is -0.786. The van der Waals surface area contributed by atoms with Crippen LogP contribution in [-0.4, -0.2) is 43.2 Å². The number of ether oxygens (including phenoxy) is 1. The van der Waals surface area contributed by atoms with Crippen LogP contribution in [0.4, 0.5) is 5.69 Å². The highest BCUT2D eigenvalue weighted by Crippen LogP contribution is 2.15. The number of benzene rings is 1. The number of hydrogen-bond acceptors (Lipinski definition) is 5. The molecule has 0 fully saturated rings. The van der Waals surface area contributed by atoms with Crippen molar-refractivity contribution >= 4 is 17.6 Å². The number of hydrogen-bond donors (Lipinski definition) is 4. The Morgan fingerprint density at radius 3 is 2.50 bits per heavy atom. The summed E-state index contributed by atoms with van der Waals surface area (Å²) >= 11 is 0. The fraction of sp³-hybridized carbons (Fsp3) is 0.385. The molecule has 0 bridgehead atoms. The van der Waals surface area contributed by atoms with Crippen molar-refractivity contribution in [2.45, 2.75) is 12.5 Å². The summed E-state index contributed by atoms with van der Waals surface area (Å²) in [7, 11) is 1.55. The maximum atomic E-state index is 11.8. The van der Waals surface area contributed by atoms with Gasteiger partial charge in [0.1, 0.15) is 11.8 Å². The van der Waals surface area contributed by atoms with Gasteiger partial charge in [0, 0.05) is 18.8 Å². The summed E-state index contributed by atoms with van der Waals surface area (Å²) in [6.07, 6.45) is -0.165. The molecule has 7 nitrogen and oxygen atoms in total. The highest BCUT2D eigenvalue weighted by molar-refractivity contribution is 5.94. The fourth-order valence-corrected chi connectivity index (χ4v) is 1.58. The molecule has 0 aliphatic rings. The molecule has 0 saturated heterocycles. The first-order valence-corrected chi connectivity index (χ1v) is 6.17. The molecular formula is C13H19N3O4. The van der Waals surface area contributed by atoms with Crippen LogP contribution < -0.4 is 21.1 Å². The number of amides is 1. The van der Waals surface area contributed by atoms with Gasteiger partial charge >= 0.3 is 5.97 Å². The topological polar surface area (TPSA) is 114 Å². The zero-order valence-corrected chi connectivity index (χ0v) is 11.3. The van der Waals surface area contributed by atoms with E-state index in [1.807, 2.05) is 0 Å². The van der Waals surface area contributed by atoms with Gasteiger partial charge in [-0.2, -0.15) is 0 Å². The van der Waals surface area contributed by atoms with Crippen LogP contribution >= 0.6 is 0 Å². The zero-order valence-electron chi connectivity index (χ0n) is 11.3. The smallest absolute Gasteiger partial charge is 0.321 e. The third-order valence-corrected chi connectivity index (χ3v) is 2.60. The van der Waals surface area contributed by atoms with E-state index in [9.17, 15) is 9.59 Å². The van der Waals surface area contributed by atoms with E-state index in [2.05, 4.69) is 10.6 Å². The summed E-state index contributed by atoms with van der Waals surface area (Å²) in [6.45, 7) is 0.649. The summed E-state index contributed by atoms with van der Waals surface area (Å²) < 4.78 is 5.00. The van der Waals surface area contributed by atoms with Crippen molar-refractivity contribution in [1.82, 2.24) is 5.32 Å². The van der Waals surface area contributed by atoms with Crippen LogP contribution in [-0.2, 0) is 9.59 Å². The maximum absolute atomic E-state index is 11.8. The second-order valence-electron chi connectivity index (χ2n) is 4.11. The van der Waals surface area contributed by atoms with E-state index in [-0.39, 0.29) is 12.3 Å². The van der Waals surface area contributed by atoms with Crippen LogP contribution in [0.15, 0.2) is 24.3 Å². The van der Waals surface area contributed by atoms with Gasteiger partial charge in [-0.3, -0.25) is 9.59 Å². The average molecular weight is 281 g/mol. The molecule has 1 atom stereocenters. The molecule has 1 rings (SSSR count). The Balaban J connectivity index is 2.53. The van der Waals surface area contributed by atoms with E-state index in [0.29, 0.717) is 24.5 Å². The summed E-state index contributed by atoms with van der Waals surface area (Å²) in [5, 5.41) is 14.3. The number of carbonyl (C=O) groups is 2. The van der Waals surface area contributed by atoms with Gasteiger partial charge in [0.2, 0.25) is 5.91 Å². The third kappa shape index (κ3) is 5.25. The molecule has 0 heterocycles. The van der Waals surface area contributed by atoms with Crippen LogP contribution in [0.3, 0.4) is 0 Å². The predicted octanol–water partition coefficient (Wildman–Crippen LogP) is 0.0253. The molecule has 1 aromatic carbocycles. The number of methoxy groups -OCH3 is 1. The lowest BCUT2D eigenvalue weighted by Gasteiger charge is -2.13. The Bertz CT molecular complexity index is 447. The lowest BCUT2D eigenvalue weighted by Crippen LogP contribution is -2.41. The van der Waals surface area contributed by atoms with Gasteiger partial charge in [-0.05, 0) is 24.3 Å². The number of nitrogens with two attached hydrogens (primary N) is 1. The van der Waals surface area contributed by atoms with Crippen molar-refractivity contribution in [2.24, 2.45) is 5.73 Å². The highest BCUT2D eigenvalue weighted by atomic mass is 16.5. The second kappa shape index (κ2) is 8.13. The first-order valence-electron chi connectivity index (χ1n) is 6.17. The van der Waals surface area contributed by atoms with E-state index in [0.717, 1.165) is 0 Å². The first-order chi connectivity index (χ1) is 9.56. The van der Waals surface area contributed by atoms with E-state index in [4.69, 9.17) is 15.6 Å². The van der Waals surface area contributed by atoms with Crippen molar-refractivity contribution in [2.75, 3.05) is 25.5 Å². The number of anilines is 1. The van der Waals surface area contributed by atoms with Crippen molar-refractivity contribution in [3.63, 3.8) is 0 Å². The van der Waals surface area contributed by atoms with Gasteiger partial charge in [-0.25, -0.2) is 0 Å². The molecule has 0 aliphatic heterocycles. The van der Waals surface area contributed by atoms with Crippen molar-refractivity contribution in [3.8, 4) is 5.75 Å². The lowest BCUT2D eigenvalue weighted by molar-refractivity contribution is -0.141. The van der Waals surface area contributed by atoms with Gasteiger partial charge in [0.05, 0.1) is 13.5 Å². The minimum Gasteiger partial charge on any atom is -0.497 e. The minimum absolute atomic E-state index is 0.165. The number of nitrogens with one attached hydrogen (secondary N) is 2. The number of aliphatic carboxylic acids is 1. The van der Waals surface area contributed by atoms with Gasteiger partial charge in [0.15, 0.2) is 0 Å². The number of carboxylic acids is 1. The average Bonchev–Trinajstić information content (AvgIpc) is 2.44. The monoisotopic (exact) mass is 281 g/mol. The Hall–Kier alpha value is -2.12. The standard InChI is InChI=1S/C13H19N3O4/c1-20-10-4-2-9(3-5-10)16-12(17)8-11(13(18)19)15-7-6-14/h2-5,11,15H,6-8,14H2,1H3,(H,16,17)(H,18,19). The molecular weight excluding hydrogens is 262 g/mol. The van der Waals surface area contributed by atoms with Crippen molar-refractivity contribution in [1.29, 1.82) is 0 Å². The quantitative estimate of drug-likeness (QED) is 0.534.